The molecule has 0 amide bonds. The molecule has 0 unspecified atom stereocenters. The molecule has 0 bridgehead atoms. The summed E-state index contributed by atoms with van der Waals surface area (Å²) < 4.78 is 48.2. The minimum atomic E-state index is -4.77. The van der Waals surface area contributed by atoms with Crippen LogP contribution in [0.4, 0.5) is 14.5 Å². The van der Waals surface area contributed by atoms with Gasteiger partial charge in [0.25, 0.3) is 0 Å². The highest BCUT2D eigenvalue weighted by molar-refractivity contribution is 7.91. The smallest absolute Gasteiger partial charge is 0.341 e. The van der Waals surface area contributed by atoms with Gasteiger partial charge in [0, 0.05) is 6.54 Å². The van der Waals surface area contributed by atoms with Gasteiger partial charge in [0.2, 0.25) is 9.84 Å². The Labute approximate surface area is 109 Å². The zero-order valence-corrected chi connectivity index (χ0v) is 10.9. The lowest BCUT2D eigenvalue weighted by molar-refractivity contribution is -0.135. The van der Waals surface area contributed by atoms with Crippen LogP contribution < -0.4 is 4.90 Å². The van der Waals surface area contributed by atoms with Gasteiger partial charge in [-0.3, -0.25) is 4.79 Å². The van der Waals surface area contributed by atoms with Crippen molar-refractivity contribution in [2.24, 2.45) is 0 Å². The quantitative estimate of drug-likeness (QED) is 0.862. The van der Waals surface area contributed by atoms with Crippen LogP contribution >= 0.6 is 0 Å². The Balaban J connectivity index is 3.33. The SMILES string of the molecule is CCN(CC(=O)O)c1ccccc1S(=O)(=O)C(F)F. The van der Waals surface area contributed by atoms with Crippen molar-refractivity contribution in [3.05, 3.63) is 24.3 Å². The maximum atomic E-state index is 12.6. The first-order valence-electron chi connectivity index (χ1n) is 5.38. The van der Waals surface area contributed by atoms with Crippen molar-refractivity contribution in [3.8, 4) is 0 Å². The lowest BCUT2D eigenvalue weighted by atomic mass is 10.3. The first-order valence-corrected chi connectivity index (χ1v) is 6.93. The van der Waals surface area contributed by atoms with E-state index in [2.05, 4.69) is 0 Å². The summed E-state index contributed by atoms with van der Waals surface area (Å²) in [5, 5.41) is 8.74. The predicted octanol–water partition coefficient (Wildman–Crippen LogP) is 1.59. The number of anilines is 1. The van der Waals surface area contributed by atoms with E-state index in [9.17, 15) is 22.0 Å². The Morgan fingerprint density at radius 3 is 2.42 bits per heavy atom. The number of alkyl halides is 2. The zero-order valence-electron chi connectivity index (χ0n) is 10.1. The molecule has 0 saturated carbocycles. The third kappa shape index (κ3) is 3.40. The molecule has 1 N–H and O–H groups in total. The minimum Gasteiger partial charge on any atom is -0.480 e. The number of nitrogens with zero attached hydrogens (tertiary/aromatic N) is 1. The monoisotopic (exact) mass is 293 g/mol. The van der Waals surface area contributed by atoms with Crippen LogP contribution in [0.1, 0.15) is 6.92 Å². The normalized spacial score (nSPS) is 11.6. The molecule has 0 saturated heterocycles. The van der Waals surface area contributed by atoms with Crippen LogP contribution in [0.15, 0.2) is 29.2 Å². The predicted molar refractivity (Wildman–Crippen MR) is 65.2 cm³/mol. The van der Waals surface area contributed by atoms with Crippen molar-refractivity contribution >= 4 is 21.5 Å². The second kappa shape index (κ2) is 5.96. The van der Waals surface area contributed by atoms with Gasteiger partial charge in [0.05, 0.1) is 10.6 Å². The van der Waals surface area contributed by atoms with E-state index in [0.717, 1.165) is 6.07 Å². The molecular weight excluding hydrogens is 280 g/mol. The van der Waals surface area contributed by atoms with Gasteiger partial charge in [0.15, 0.2) is 0 Å². The maximum absolute atomic E-state index is 12.6. The van der Waals surface area contributed by atoms with Crippen molar-refractivity contribution in [3.63, 3.8) is 0 Å². The number of sulfone groups is 1. The third-order valence-electron chi connectivity index (χ3n) is 2.45. The molecule has 0 fully saturated rings. The van der Waals surface area contributed by atoms with Gasteiger partial charge in [-0.1, -0.05) is 12.1 Å². The number of benzene rings is 1. The second-order valence-electron chi connectivity index (χ2n) is 3.68. The van der Waals surface area contributed by atoms with E-state index >= 15 is 0 Å². The minimum absolute atomic E-state index is 0.0345. The number of rotatable bonds is 6. The van der Waals surface area contributed by atoms with Gasteiger partial charge < -0.3 is 10.0 Å². The van der Waals surface area contributed by atoms with E-state index in [0.29, 0.717) is 0 Å². The number of aliphatic carboxylic acids is 1. The molecular formula is C11H13F2NO4S. The number of carbonyl (C=O) groups is 1. The molecule has 0 aromatic heterocycles. The van der Waals surface area contributed by atoms with E-state index in [-0.39, 0.29) is 12.2 Å². The average molecular weight is 293 g/mol. The molecule has 0 heterocycles. The van der Waals surface area contributed by atoms with E-state index in [4.69, 9.17) is 5.11 Å². The summed E-state index contributed by atoms with van der Waals surface area (Å²) in [6, 6.07) is 5.13. The van der Waals surface area contributed by atoms with E-state index in [1.54, 1.807) is 6.92 Å². The van der Waals surface area contributed by atoms with Gasteiger partial charge >= 0.3 is 11.7 Å². The molecule has 0 aliphatic heterocycles. The van der Waals surface area contributed by atoms with E-state index < -0.39 is 33.0 Å². The highest BCUT2D eigenvalue weighted by Gasteiger charge is 2.30. The van der Waals surface area contributed by atoms with Crippen molar-refractivity contribution in [1.29, 1.82) is 0 Å². The molecule has 0 spiro atoms. The Kier molecular flexibility index (Phi) is 4.82. The molecule has 1 aromatic rings. The van der Waals surface area contributed by atoms with Crippen LogP contribution in [0, 0.1) is 0 Å². The van der Waals surface area contributed by atoms with Gasteiger partial charge in [-0.15, -0.1) is 0 Å². The van der Waals surface area contributed by atoms with Crippen molar-refractivity contribution < 1.29 is 27.1 Å². The number of likely N-dealkylation sites (N-methyl/N-ethyl adjacent to an activating group) is 1. The largest absolute Gasteiger partial charge is 0.480 e. The Morgan fingerprint density at radius 2 is 1.95 bits per heavy atom. The Hall–Kier alpha value is -1.70. The van der Waals surface area contributed by atoms with Crippen LogP contribution in [0.5, 0.6) is 0 Å². The van der Waals surface area contributed by atoms with Crippen LogP contribution in [0.3, 0.4) is 0 Å². The molecule has 0 radical (unpaired) electrons. The fourth-order valence-corrected chi connectivity index (χ4v) is 2.53. The van der Waals surface area contributed by atoms with Crippen molar-refractivity contribution in [2.45, 2.75) is 17.6 Å². The van der Waals surface area contributed by atoms with Gasteiger partial charge in [0.1, 0.15) is 6.54 Å². The Bertz CT molecular complexity index is 560. The van der Waals surface area contributed by atoms with Gasteiger partial charge in [-0.2, -0.15) is 8.78 Å². The number of hydrogen-bond donors (Lipinski definition) is 1. The summed E-state index contributed by atoms with van der Waals surface area (Å²) >= 11 is 0. The van der Waals surface area contributed by atoms with Gasteiger partial charge in [-0.25, -0.2) is 8.42 Å². The van der Waals surface area contributed by atoms with Crippen molar-refractivity contribution in [1.82, 2.24) is 0 Å². The molecule has 0 aliphatic rings. The van der Waals surface area contributed by atoms with Crippen LogP contribution in [-0.4, -0.2) is 38.3 Å². The lowest BCUT2D eigenvalue weighted by Gasteiger charge is -2.23. The number of hydrogen-bond acceptors (Lipinski definition) is 4. The molecule has 106 valence electrons. The lowest BCUT2D eigenvalue weighted by Crippen LogP contribution is -2.31. The number of carboxylic acids is 1. The molecule has 0 atom stereocenters. The Morgan fingerprint density at radius 1 is 1.37 bits per heavy atom. The molecule has 0 aliphatic carbocycles. The molecule has 19 heavy (non-hydrogen) atoms. The fourth-order valence-electron chi connectivity index (χ4n) is 1.59. The summed E-state index contributed by atoms with van der Waals surface area (Å²) in [5.74, 6) is -4.72. The summed E-state index contributed by atoms with van der Waals surface area (Å²) in [7, 11) is -4.77. The second-order valence-corrected chi connectivity index (χ2v) is 5.57. The first kappa shape index (κ1) is 15.4. The summed E-state index contributed by atoms with van der Waals surface area (Å²) in [4.78, 5) is 11.3. The molecule has 5 nitrogen and oxygen atoms in total. The number of carboxylic acid groups (broad SMARTS) is 1. The highest BCUT2D eigenvalue weighted by Crippen LogP contribution is 2.28. The number of halogens is 2. The number of para-hydroxylation sites is 1. The standard InChI is InChI=1S/C11H13F2NO4S/c1-2-14(7-10(15)16)8-5-3-4-6-9(8)19(17,18)11(12)13/h3-6,11H,2,7H2,1H3,(H,15,16). The average Bonchev–Trinajstić information content (AvgIpc) is 2.35. The van der Waals surface area contributed by atoms with E-state index in [1.165, 1.54) is 23.1 Å². The summed E-state index contributed by atoms with van der Waals surface area (Å²) in [5.41, 5.74) is -0.0345. The maximum Gasteiger partial charge on any atom is 0.341 e. The van der Waals surface area contributed by atoms with Crippen LogP contribution in [0.2, 0.25) is 0 Å². The first-order chi connectivity index (χ1) is 8.80. The van der Waals surface area contributed by atoms with E-state index in [1.807, 2.05) is 0 Å². The van der Waals surface area contributed by atoms with Crippen LogP contribution in [-0.2, 0) is 14.6 Å². The van der Waals surface area contributed by atoms with Crippen molar-refractivity contribution in [2.75, 3.05) is 18.0 Å². The van der Waals surface area contributed by atoms with Crippen LogP contribution in [0.25, 0.3) is 0 Å². The van der Waals surface area contributed by atoms with Gasteiger partial charge in [-0.05, 0) is 19.1 Å². The topological polar surface area (TPSA) is 74.7 Å². The summed E-state index contributed by atoms with van der Waals surface area (Å²) in [6.07, 6.45) is 0. The third-order valence-corrected chi connectivity index (χ3v) is 3.88. The molecule has 1 rings (SSSR count). The fraction of sp³-hybridized carbons (Fsp3) is 0.364. The molecule has 8 heteroatoms. The molecule has 1 aromatic carbocycles. The summed E-state index contributed by atoms with van der Waals surface area (Å²) in [6.45, 7) is 1.32. The zero-order chi connectivity index (χ0) is 14.6. The highest BCUT2D eigenvalue weighted by atomic mass is 32.2.